The Morgan fingerprint density at radius 3 is 2.72 bits per heavy atom. The van der Waals surface area contributed by atoms with Crippen LogP contribution < -0.4 is 4.74 Å². The predicted molar refractivity (Wildman–Crippen MR) is 66.9 cm³/mol. The first-order valence-electron chi connectivity index (χ1n) is 6.29. The van der Waals surface area contributed by atoms with Gasteiger partial charge < -0.3 is 9.84 Å². The molecule has 0 aliphatic heterocycles. The van der Waals surface area contributed by atoms with Crippen LogP contribution >= 0.6 is 0 Å². The topological polar surface area (TPSA) is 42.4 Å². The molecule has 1 N–H and O–H groups in total. The number of rotatable bonds is 2. The average molecular weight is 253 g/mol. The normalized spacial score (nSPS) is 26.9. The van der Waals surface area contributed by atoms with E-state index < -0.39 is 11.4 Å². The van der Waals surface area contributed by atoms with E-state index in [0.717, 1.165) is 12.8 Å². The smallest absolute Gasteiger partial charge is 0.250 e. The monoisotopic (exact) mass is 253 g/mol. The van der Waals surface area contributed by atoms with Gasteiger partial charge in [-0.3, -0.25) is 0 Å². The summed E-state index contributed by atoms with van der Waals surface area (Å²) in [4.78, 5) is 3.81. The summed E-state index contributed by atoms with van der Waals surface area (Å²) in [5.41, 5.74) is -0.778. The molecule has 4 heteroatoms. The van der Waals surface area contributed by atoms with Crippen LogP contribution in [-0.4, -0.2) is 17.2 Å². The van der Waals surface area contributed by atoms with Crippen LogP contribution in [0.3, 0.4) is 0 Å². The van der Waals surface area contributed by atoms with Crippen LogP contribution in [-0.2, 0) is 5.60 Å². The molecular weight excluding hydrogens is 233 g/mol. The summed E-state index contributed by atoms with van der Waals surface area (Å²) in [6.45, 7) is 4.21. The van der Waals surface area contributed by atoms with Crippen molar-refractivity contribution in [1.29, 1.82) is 0 Å². The van der Waals surface area contributed by atoms with Crippen molar-refractivity contribution in [3.63, 3.8) is 0 Å². The van der Waals surface area contributed by atoms with Crippen molar-refractivity contribution >= 4 is 0 Å². The molecule has 2 rings (SSSR count). The Morgan fingerprint density at radius 1 is 1.39 bits per heavy atom. The van der Waals surface area contributed by atoms with Crippen molar-refractivity contribution in [3.05, 3.63) is 23.6 Å². The fourth-order valence-corrected chi connectivity index (χ4v) is 2.98. The van der Waals surface area contributed by atoms with Gasteiger partial charge in [0.15, 0.2) is 5.82 Å². The molecule has 0 aromatic carbocycles. The molecule has 0 bridgehead atoms. The number of aromatic nitrogens is 1. The molecule has 0 spiro atoms. The third-order valence-electron chi connectivity index (χ3n) is 3.77. The first-order chi connectivity index (χ1) is 8.38. The van der Waals surface area contributed by atoms with Crippen LogP contribution in [0, 0.1) is 11.2 Å². The van der Waals surface area contributed by atoms with Crippen LogP contribution in [0.2, 0.25) is 0 Å². The van der Waals surface area contributed by atoms with E-state index >= 15 is 0 Å². The highest BCUT2D eigenvalue weighted by atomic mass is 19.1. The number of pyridine rings is 1. The zero-order valence-corrected chi connectivity index (χ0v) is 11.2. The van der Waals surface area contributed by atoms with Crippen molar-refractivity contribution in [2.75, 3.05) is 7.11 Å². The molecule has 0 saturated heterocycles. The number of aliphatic hydroxyl groups is 1. The zero-order chi connectivity index (χ0) is 13.4. The van der Waals surface area contributed by atoms with Crippen LogP contribution in [0.4, 0.5) is 4.39 Å². The molecule has 1 unspecified atom stereocenters. The molecule has 100 valence electrons. The van der Waals surface area contributed by atoms with E-state index in [1.807, 2.05) is 0 Å². The minimum Gasteiger partial charge on any atom is -0.479 e. The highest BCUT2D eigenvalue weighted by Crippen LogP contribution is 2.47. The lowest BCUT2D eigenvalue weighted by Crippen LogP contribution is -2.37. The number of hydrogen-bond donors (Lipinski definition) is 1. The van der Waals surface area contributed by atoms with Gasteiger partial charge in [0.2, 0.25) is 5.88 Å². The third-order valence-corrected chi connectivity index (χ3v) is 3.77. The van der Waals surface area contributed by atoms with Crippen molar-refractivity contribution in [1.82, 2.24) is 4.98 Å². The summed E-state index contributed by atoms with van der Waals surface area (Å²) in [7, 11) is 1.38. The van der Waals surface area contributed by atoms with Gasteiger partial charge in [0.1, 0.15) is 0 Å². The Labute approximate surface area is 107 Å². The van der Waals surface area contributed by atoms with Crippen LogP contribution in [0.5, 0.6) is 5.88 Å². The van der Waals surface area contributed by atoms with Gasteiger partial charge in [-0.2, -0.15) is 0 Å². The van der Waals surface area contributed by atoms with Gasteiger partial charge in [0.25, 0.3) is 0 Å². The molecule has 0 amide bonds. The molecule has 18 heavy (non-hydrogen) atoms. The first-order valence-corrected chi connectivity index (χ1v) is 6.29. The molecule has 1 aromatic heterocycles. The van der Waals surface area contributed by atoms with E-state index in [1.54, 1.807) is 6.07 Å². The minimum absolute atomic E-state index is 0.0238. The third kappa shape index (κ3) is 2.34. The van der Waals surface area contributed by atoms with Crippen molar-refractivity contribution in [2.24, 2.45) is 5.41 Å². The summed E-state index contributed by atoms with van der Waals surface area (Å²) in [6.07, 6.45) is 4.58. The first kappa shape index (κ1) is 13.3. The van der Waals surface area contributed by atoms with Gasteiger partial charge in [-0.1, -0.05) is 13.8 Å². The fourth-order valence-electron chi connectivity index (χ4n) is 2.98. The maximum Gasteiger partial charge on any atom is 0.250 e. The highest BCUT2D eigenvalue weighted by Gasteiger charge is 2.41. The summed E-state index contributed by atoms with van der Waals surface area (Å²) in [5.74, 6) is -0.593. The van der Waals surface area contributed by atoms with Crippen LogP contribution in [0.1, 0.15) is 45.1 Å². The Kier molecular flexibility index (Phi) is 3.32. The molecule has 1 saturated carbocycles. The van der Waals surface area contributed by atoms with E-state index in [0.29, 0.717) is 18.4 Å². The van der Waals surface area contributed by atoms with E-state index in [4.69, 9.17) is 4.74 Å². The maximum absolute atomic E-state index is 14.2. The molecule has 1 fully saturated rings. The van der Waals surface area contributed by atoms with Gasteiger partial charge in [-0.05, 0) is 37.2 Å². The second kappa shape index (κ2) is 4.50. The lowest BCUT2D eigenvalue weighted by Gasteiger charge is -2.41. The number of halogens is 1. The Morgan fingerprint density at radius 2 is 2.11 bits per heavy atom. The Bertz CT molecular complexity index is 447. The molecule has 1 aliphatic rings. The van der Waals surface area contributed by atoms with E-state index in [1.165, 1.54) is 13.3 Å². The van der Waals surface area contributed by atoms with Gasteiger partial charge in [-0.25, -0.2) is 9.37 Å². The minimum atomic E-state index is -1.11. The lowest BCUT2D eigenvalue weighted by molar-refractivity contribution is -0.0468. The second-order valence-electron chi connectivity index (χ2n) is 5.91. The number of methoxy groups -OCH3 is 1. The molecule has 0 radical (unpaired) electrons. The quantitative estimate of drug-likeness (QED) is 0.881. The van der Waals surface area contributed by atoms with Crippen LogP contribution in [0.15, 0.2) is 12.3 Å². The Hall–Kier alpha value is -1.16. The summed E-state index contributed by atoms with van der Waals surface area (Å²) >= 11 is 0. The molecule has 1 aliphatic carbocycles. The van der Waals surface area contributed by atoms with E-state index in [-0.39, 0.29) is 11.3 Å². The molecule has 1 atom stereocenters. The summed E-state index contributed by atoms with van der Waals surface area (Å²) in [6, 6.07) is 1.55. The molecule has 1 heterocycles. The van der Waals surface area contributed by atoms with Crippen molar-refractivity contribution in [3.8, 4) is 5.88 Å². The number of hydrogen-bond acceptors (Lipinski definition) is 3. The fraction of sp³-hybridized carbons (Fsp3) is 0.643. The van der Waals surface area contributed by atoms with Gasteiger partial charge in [0.05, 0.1) is 12.7 Å². The van der Waals surface area contributed by atoms with Crippen LogP contribution in [0.25, 0.3) is 0 Å². The number of nitrogens with zero attached hydrogens (tertiary/aromatic N) is 1. The van der Waals surface area contributed by atoms with E-state index in [9.17, 15) is 9.50 Å². The average Bonchev–Trinajstić information content (AvgIpc) is 2.27. The van der Waals surface area contributed by atoms with Crippen molar-refractivity contribution in [2.45, 2.75) is 45.1 Å². The number of ether oxygens (including phenoxy) is 1. The van der Waals surface area contributed by atoms with Crippen molar-refractivity contribution < 1.29 is 14.2 Å². The van der Waals surface area contributed by atoms with E-state index in [2.05, 4.69) is 18.8 Å². The SMILES string of the molecule is COc1nccc(C2(O)CCCC(C)(C)C2)c1F. The summed E-state index contributed by atoms with van der Waals surface area (Å²) in [5, 5.41) is 10.8. The zero-order valence-electron chi connectivity index (χ0n) is 11.2. The predicted octanol–water partition coefficient (Wildman–Crippen LogP) is 3.02. The highest BCUT2D eigenvalue weighted by molar-refractivity contribution is 5.29. The largest absolute Gasteiger partial charge is 0.479 e. The lowest BCUT2D eigenvalue weighted by atomic mass is 9.67. The molecular formula is C14H20FNO2. The van der Waals surface area contributed by atoms with Gasteiger partial charge in [-0.15, -0.1) is 0 Å². The summed E-state index contributed by atoms with van der Waals surface area (Å²) < 4.78 is 19.1. The van der Waals surface area contributed by atoms with Gasteiger partial charge in [0, 0.05) is 11.8 Å². The second-order valence-corrected chi connectivity index (χ2v) is 5.91. The standard InChI is InChI=1S/C14H20FNO2/c1-13(2)6-4-7-14(17,9-13)10-5-8-16-12(18-3)11(10)15/h5,8,17H,4,6-7,9H2,1-3H3. The molecule has 3 nitrogen and oxygen atoms in total. The maximum atomic E-state index is 14.2. The molecule has 1 aromatic rings. The Balaban J connectivity index is 2.41. The van der Waals surface area contributed by atoms with Gasteiger partial charge >= 0.3 is 0 Å².